The van der Waals surface area contributed by atoms with Crippen LogP contribution in [0, 0.1) is 0 Å². The Morgan fingerprint density at radius 2 is 1.30 bits per heavy atom. The van der Waals surface area contributed by atoms with E-state index >= 15 is 0 Å². The van der Waals surface area contributed by atoms with Gasteiger partial charge in [-0.15, -0.1) is 0 Å². The third-order valence-electron chi connectivity index (χ3n) is 4.87. The summed E-state index contributed by atoms with van der Waals surface area (Å²) < 4.78 is 0. The Hall–Kier alpha value is -3.66. The third-order valence-corrected chi connectivity index (χ3v) is 4.87. The Morgan fingerprint density at radius 3 is 2.04 bits per heavy atom. The molecule has 0 spiro atoms. The number of phenolic OH excluding ortho intramolecular Hbond substituents is 1. The molecule has 0 saturated carbocycles. The van der Waals surface area contributed by atoms with E-state index in [0.29, 0.717) is 0 Å². The van der Waals surface area contributed by atoms with Crippen LogP contribution in [0.2, 0.25) is 0 Å². The average Bonchev–Trinajstić information content (AvgIpc) is 3.14. The highest BCUT2D eigenvalue weighted by molar-refractivity contribution is 5.89. The largest absolute Gasteiger partial charge is 0.507 e. The highest BCUT2D eigenvalue weighted by Gasteiger charge is 2.23. The summed E-state index contributed by atoms with van der Waals surface area (Å²) in [7, 11) is 0. The van der Waals surface area contributed by atoms with E-state index in [4.69, 9.17) is 0 Å². The van der Waals surface area contributed by atoms with E-state index in [9.17, 15) is 5.11 Å². The zero-order valence-electron chi connectivity index (χ0n) is 14.5. The molecule has 0 fully saturated rings. The first-order valence-corrected chi connectivity index (χ1v) is 8.88. The molecule has 1 N–H and O–H groups in total. The molecule has 0 saturated heterocycles. The van der Waals surface area contributed by atoms with Gasteiger partial charge in [0.1, 0.15) is 22.8 Å². The summed E-state index contributed by atoms with van der Waals surface area (Å²) in [5.74, 6) is 0.267. The molecule has 0 radical (unpaired) electrons. The molecule has 4 heteroatoms. The van der Waals surface area contributed by atoms with Crippen LogP contribution < -0.4 is 0 Å². The molecule has 5 aromatic rings. The molecule has 1 unspecified atom stereocenters. The molecule has 27 heavy (non-hydrogen) atoms. The molecule has 130 valence electrons. The van der Waals surface area contributed by atoms with Crippen LogP contribution in [0.4, 0.5) is 0 Å². The SMILES string of the molecule is Oc1c(C(c2ccccc2)n2nc3ccccc3n2)ccc2ccccc12. The lowest BCUT2D eigenvalue weighted by Crippen LogP contribution is -2.15. The Balaban J connectivity index is 1.77. The van der Waals surface area contributed by atoms with Crippen molar-refractivity contribution in [2.45, 2.75) is 6.04 Å². The molecular weight excluding hydrogens is 334 g/mol. The van der Waals surface area contributed by atoms with Crippen LogP contribution in [-0.2, 0) is 0 Å². The average molecular weight is 351 g/mol. The maximum atomic E-state index is 11.0. The minimum absolute atomic E-state index is 0.267. The molecule has 4 nitrogen and oxygen atoms in total. The second-order valence-corrected chi connectivity index (χ2v) is 6.55. The summed E-state index contributed by atoms with van der Waals surface area (Å²) in [6.45, 7) is 0. The van der Waals surface area contributed by atoms with Crippen LogP contribution >= 0.6 is 0 Å². The van der Waals surface area contributed by atoms with E-state index in [1.165, 1.54) is 0 Å². The van der Waals surface area contributed by atoms with Gasteiger partial charge >= 0.3 is 0 Å². The first kappa shape index (κ1) is 15.6. The lowest BCUT2D eigenvalue weighted by molar-refractivity contribution is 0.451. The van der Waals surface area contributed by atoms with Gasteiger partial charge in [0.25, 0.3) is 0 Å². The second kappa shape index (κ2) is 6.25. The van der Waals surface area contributed by atoms with Crippen molar-refractivity contribution in [2.24, 2.45) is 0 Å². The lowest BCUT2D eigenvalue weighted by Gasteiger charge is -2.19. The zero-order chi connectivity index (χ0) is 18.2. The quantitative estimate of drug-likeness (QED) is 0.501. The molecule has 4 aromatic carbocycles. The normalized spacial score (nSPS) is 12.4. The maximum absolute atomic E-state index is 11.0. The number of nitrogens with zero attached hydrogens (tertiary/aromatic N) is 3. The van der Waals surface area contributed by atoms with Crippen molar-refractivity contribution in [1.29, 1.82) is 0 Å². The van der Waals surface area contributed by atoms with Crippen molar-refractivity contribution in [3.8, 4) is 5.75 Å². The molecule has 0 amide bonds. The van der Waals surface area contributed by atoms with Gasteiger partial charge in [-0.05, 0) is 23.1 Å². The minimum Gasteiger partial charge on any atom is -0.507 e. The summed E-state index contributed by atoms with van der Waals surface area (Å²) in [4.78, 5) is 1.70. The number of phenols is 1. The highest BCUT2D eigenvalue weighted by Crippen LogP contribution is 2.37. The summed E-state index contributed by atoms with van der Waals surface area (Å²) in [6.07, 6.45) is 0. The van der Waals surface area contributed by atoms with Crippen molar-refractivity contribution in [1.82, 2.24) is 15.0 Å². The Kier molecular flexibility index (Phi) is 3.61. The number of aromatic hydroxyl groups is 1. The van der Waals surface area contributed by atoms with Crippen LogP contribution in [0.5, 0.6) is 5.75 Å². The maximum Gasteiger partial charge on any atom is 0.129 e. The van der Waals surface area contributed by atoms with Gasteiger partial charge in [-0.1, -0.05) is 78.9 Å². The third kappa shape index (κ3) is 2.62. The molecule has 5 rings (SSSR count). The first-order valence-electron chi connectivity index (χ1n) is 8.88. The van der Waals surface area contributed by atoms with E-state index in [-0.39, 0.29) is 11.8 Å². The van der Waals surface area contributed by atoms with E-state index < -0.39 is 0 Å². The predicted octanol–water partition coefficient (Wildman–Crippen LogP) is 4.93. The summed E-state index contributed by atoms with van der Waals surface area (Å²) >= 11 is 0. The second-order valence-electron chi connectivity index (χ2n) is 6.55. The number of aromatic nitrogens is 3. The summed E-state index contributed by atoms with van der Waals surface area (Å²) in [5, 5.41) is 22.2. The van der Waals surface area contributed by atoms with Crippen LogP contribution in [0.15, 0.2) is 91.0 Å². The van der Waals surface area contributed by atoms with Crippen LogP contribution in [0.1, 0.15) is 17.2 Å². The molecule has 0 aliphatic carbocycles. The lowest BCUT2D eigenvalue weighted by atomic mass is 9.95. The Bertz CT molecular complexity index is 1210. The zero-order valence-corrected chi connectivity index (χ0v) is 14.5. The van der Waals surface area contributed by atoms with E-state index in [2.05, 4.69) is 10.2 Å². The summed E-state index contributed by atoms with van der Waals surface area (Å²) in [5.41, 5.74) is 3.46. The Labute approximate surface area is 156 Å². The van der Waals surface area contributed by atoms with Crippen LogP contribution in [0.25, 0.3) is 21.8 Å². The number of hydrogen-bond acceptors (Lipinski definition) is 3. The summed E-state index contributed by atoms with van der Waals surface area (Å²) in [6, 6.07) is 29.3. The van der Waals surface area contributed by atoms with E-state index in [0.717, 1.165) is 32.9 Å². The molecule has 0 bridgehead atoms. The topological polar surface area (TPSA) is 50.9 Å². The smallest absolute Gasteiger partial charge is 0.129 e. The molecular formula is C23H17N3O. The Morgan fingerprint density at radius 1 is 0.667 bits per heavy atom. The van der Waals surface area contributed by atoms with Gasteiger partial charge in [-0.3, -0.25) is 0 Å². The fourth-order valence-electron chi connectivity index (χ4n) is 3.56. The predicted molar refractivity (Wildman–Crippen MR) is 107 cm³/mol. The van der Waals surface area contributed by atoms with Gasteiger partial charge in [0, 0.05) is 10.9 Å². The number of rotatable bonds is 3. The first-order chi connectivity index (χ1) is 13.3. The molecule has 1 aromatic heterocycles. The molecule has 1 heterocycles. The minimum atomic E-state index is -0.316. The van der Waals surface area contributed by atoms with Crippen molar-refractivity contribution in [3.05, 3.63) is 102 Å². The van der Waals surface area contributed by atoms with Crippen molar-refractivity contribution < 1.29 is 5.11 Å². The van der Waals surface area contributed by atoms with Gasteiger partial charge in [0.05, 0.1) is 0 Å². The van der Waals surface area contributed by atoms with Crippen molar-refractivity contribution >= 4 is 21.8 Å². The van der Waals surface area contributed by atoms with E-state index in [1.54, 1.807) is 4.80 Å². The molecule has 0 aliphatic rings. The molecule has 1 atom stereocenters. The fraction of sp³-hybridized carbons (Fsp3) is 0.0435. The molecule has 0 aliphatic heterocycles. The van der Waals surface area contributed by atoms with Gasteiger partial charge in [0.2, 0.25) is 0 Å². The van der Waals surface area contributed by atoms with E-state index in [1.807, 2.05) is 91.0 Å². The van der Waals surface area contributed by atoms with Crippen molar-refractivity contribution in [3.63, 3.8) is 0 Å². The van der Waals surface area contributed by atoms with Crippen molar-refractivity contribution in [2.75, 3.05) is 0 Å². The fourth-order valence-corrected chi connectivity index (χ4v) is 3.56. The number of hydrogen-bond donors (Lipinski definition) is 1. The van der Waals surface area contributed by atoms with Crippen LogP contribution in [-0.4, -0.2) is 20.1 Å². The van der Waals surface area contributed by atoms with Crippen LogP contribution in [0.3, 0.4) is 0 Å². The van der Waals surface area contributed by atoms with Gasteiger partial charge in [-0.2, -0.15) is 15.0 Å². The van der Waals surface area contributed by atoms with Gasteiger partial charge in [0.15, 0.2) is 0 Å². The number of benzene rings is 4. The number of fused-ring (bicyclic) bond motifs is 2. The van der Waals surface area contributed by atoms with Gasteiger partial charge < -0.3 is 5.11 Å². The van der Waals surface area contributed by atoms with Gasteiger partial charge in [-0.25, -0.2) is 0 Å². The highest BCUT2D eigenvalue weighted by atomic mass is 16.3. The standard InChI is InChI=1S/C23H17N3O/c27-23-18-11-5-4-8-16(18)14-15-19(23)22(17-9-2-1-3-10-17)26-24-20-12-6-7-13-21(20)25-26/h1-15,22,27H. The monoisotopic (exact) mass is 351 g/mol.